The third-order valence-corrected chi connectivity index (χ3v) is 5.01. The topological polar surface area (TPSA) is 62.3 Å². The third kappa shape index (κ3) is 4.00. The quantitative estimate of drug-likeness (QED) is 0.905. The summed E-state index contributed by atoms with van der Waals surface area (Å²) in [6, 6.07) is 6.79. The van der Waals surface area contributed by atoms with Crippen LogP contribution in [0.25, 0.3) is 0 Å². The summed E-state index contributed by atoms with van der Waals surface area (Å²) in [4.78, 5) is 31.9. The Hall–Kier alpha value is -2.21. The molecule has 0 saturated heterocycles. The van der Waals surface area contributed by atoms with Crippen molar-refractivity contribution in [3.63, 3.8) is 0 Å². The molecule has 1 heterocycles. The van der Waals surface area contributed by atoms with E-state index in [1.165, 1.54) is 0 Å². The first-order valence-corrected chi connectivity index (χ1v) is 8.67. The molecule has 6 heteroatoms. The molecule has 0 spiro atoms. The number of amides is 2. The lowest BCUT2D eigenvalue weighted by atomic mass is 10.0. The second-order valence-corrected chi connectivity index (χ2v) is 7.49. The molecular weight excluding hydrogens is 322 g/mol. The molecule has 1 aromatic carbocycles. The van der Waals surface area contributed by atoms with Crippen LogP contribution in [0.4, 0.5) is 0 Å². The van der Waals surface area contributed by atoms with E-state index in [0.717, 1.165) is 9.88 Å². The van der Waals surface area contributed by atoms with Gasteiger partial charge >= 0.3 is 0 Å². The Balaban J connectivity index is 2.19. The van der Waals surface area contributed by atoms with Crippen LogP contribution in [0.15, 0.2) is 30.5 Å². The summed E-state index contributed by atoms with van der Waals surface area (Å²) in [5.74, 6) is -0.316. The fourth-order valence-electron chi connectivity index (χ4n) is 2.21. The fourth-order valence-corrected chi connectivity index (χ4v) is 3.03. The lowest BCUT2D eigenvalue weighted by Gasteiger charge is -2.24. The van der Waals surface area contributed by atoms with Crippen molar-refractivity contribution >= 4 is 23.2 Å². The monoisotopic (exact) mass is 345 g/mol. The molecule has 0 bridgehead atoms. The first-order chi connectivity index (χ1) is 11.2. The van der Waals surface area contributed by atoms with Gasteiger partial charge in [-0.1, -0.05) is 6.07 Å². The number of carbonyl (C=O) groups excluding carboxylic acids is 2. The van der Waals surface area contributed by atoms with Crippen molar-refractivity contribution in [2.45, 2.75) is 33.2 Å². The van der Waals surface area contributed by atoms with Crippen LogP contribution in [-0.4, -0.2) is 35.3 Å². The second kappa shape index (κ2) is 7.13. The Labute approximate surface area is 146 Å². The molecule has 128 valence electrons. The zero-order chi connectivity index (χ0) is 17.9. The Bertz CT molecular complexity index is 752. The second-order valence-electron chi connectivity index (χ2n) is 6.26. The third-order valence-electron chi connectivity index (χ3n) is 3.77. The van der Waals surface area contributed by atoms with Gasteiger partial charge in [0.05, 0.1) is 5.54 Å². The van der Waals surface area contributed by atoms with Gasteiger partial charge in [-0.05, 0) is 45.9 Å². The standard InChI is InChI=1S/C18H23N3O2S/c1-6-21(5)16(23)14-9-7-8-13(10-14)15(22)20-18(3,4)17-19-11-12(2)24-17/h7-11H,6H2,1-5H3,(H,20,22). The van der Waals surface area contributed by atoms with Gasteiger partial charge in [-0.15, -0.1) is 11.3 Å². The SMILES string of the molecule is CCN(C)C(=O)c1cccc(C(=O)NC(C)(C)c2ncc(C)s2)c1. The van der Waals surface area contributed by atoms with Gasteiger partial charge in [0.25, 0.3) is 11.8 Å². The molecule has 2 rings (SSSR count). The maximum absolute atomic E-state index is 12.6. The van der Waals surface area contributed by atoms with E-state index in [-0.39, 0.29) is 11.8 Å². The normalized spacial score (nSPS) is 11.2. The van der Waals surface area contributed by atoms with E-state index in [4.69, 9.17) is 0 Å². The molecule has 0 aliphatic heterocycles. The lowest BCUT2D eigenvalue weighted by Crippen LogP contribution is -2.41. The first-order valence-electron chi connectivity index (χ1n) is 7.85. The number of nitrogens with zero attached hydrogens (tertiary/aromatic N) is 2. The van der Waals surface area contributed by atoms with Crippen LogP contribution in [0, 0.1) is 6.92 Å². The smallest absolute Gasteiger partial charge is 0.253 e. The summed E-state index contributed by atoms with van der Waals surface area (Å²) < 4.78 is 0. The number of hydrogen-bond acceptors (Lipinski definition) is 4. The first kappa shape index (κ1) is 18.1. The Morgan fingerprint density at radius 3 is 2.54 bits per heavy atom. The molecule has 24 heavy (non-hydrogen) atoms. The molecule has 0 aliphatic carbocycles. The molecule has 2 aromatic rings. The van der Waals surface area contributed by atoms with E-state index >= 15 is 0 Å². The van der Waals surface area contributed by atoms with E-state index in [0.29, 0.717) is 17.7 Å². The predicted molar refractivity (Wildman–Crippen MR) is 96.4 cm³/mol. The highest BCUT2D eigenvalue weighted by atomic mass is 32.1. The average Bonchev–Trinajstić information content (AvgIpc) is 3.00. The molecule has 0 saturated carbocycles. The molecule has 0 unspecified atom stereocenters. The van der Waals surface area contributed by atoms with Crippen LogP contribution in [-0.2, 0) is 5.54 Å². The maximum Gasteiger partial charge on any atom is 0.253 e. The van der Waals surface area contributed by atoms with E-state index in [1.54, 1.807) is 53.7 Å². The molecular formula is C18H23N3O2S. The number of nitrogens with one attached hydrogen (secondary N) is 1. The molecule has 1 N–H and O–H groups in total. The van der Waals surface area contributed by atoms with Crippen molar-refractivity contribution in [1.82, 2.24) is 15.2 Å². The summed E-state index contributed by atoms with van der Waals surface area (Å²) in [5, 5.41) is 3.85. The lowest BCUT2D eigenvalue weighted by molar-refractivity contribution is 0.0802. The van der Waals surface area contributed by atoms with E-state index in [9.17, 15) is 9.59 Å². The van der Waals surface area contributed by atoms with Gasteiger partial charge in [0.2, 0.25) is 0 Å². The van der Waals surface area contributed by atoms with Gasteiger partial charge in [-0.25, -0.2) is 4.98 Å². The number of thiazole rings is 1. The minimum atomic E-state index is -0.573. The zero-order valence-corrected chi connectivity index (χ0v) is 15.5. The molecule has 0 aliphatic rings. The highest BCUT2D eigenvalue weighted by molar-refractivity contribution is 7.11. The minimum absolute atomic E-state index is 0.0954. The summed E-state index contributed by atoms with van der Waals surface area (Å²) in [7, 11) is 1.74. The van der Waals surface area contributed by atoms with Gasteiger partial charge in [-0.2, -0.15) is 0 Å². The average molecular weight is 345 g/mol. The van der Waals surface area contributed by atoms with Gasteiger partial charge in [0, 0.05) is 35.8 Å². The van der Waals surface area contributed by atoms with Crippen molar-refractivity contribution < 1.29 is 9.59 Å². The van der Waals surface area contributed by atoms with Crippen LogP contribution in [0.1, 0.15) is 51.4 Å². The maximum atomic E-state index is 12.6. The van der Waals surface area contributed by atoms with Gasteiger partial charge in [-0.3, -0.25) is 9.59 Å². The van der Waals surface area contributed by atoms with Crippen molar-refractivity contribution in [1.29, 1.82) is 0 Å². The van der Waals surface area contributed by atoms with Crippen LogP contribution in [0.3, 0.4) is 0 Å². The summed E-state index contributed by atoms with van der Waals surface area (Å²) in [6.45, 7) is 8.35. The van der Waals surface area contributed by atoms with Gasteiger partial charge in [0.1, 0.15) is 5.01 Å². The molecule has 2 amide bonds. The highest BCUT2D eigenvalue weighted by Gasteiger charge is 2.27. The van der Waals surface area contributed by atoms with Crippen LogP contribution in [0.5, 0.6) is 0 Å². The van der Waals surface area contributed by atoms with Gasteiger partial charge < -0.3 is 10.2 Å². The number of aryl methyl sites for hydroxylation is 1. The van der Waals surface area contributed by atoms with E-state index in [2.05, 4.69) is 10.3 Å². The predicted octanol–water partition coefficient (Wildman–Crippen LogP) is 3.21. The molecule has 5 nitrogen and oxygen atoms in total. The van der Waals surface area contributed by atoms with Crippen LogP contribution in [0.2, 0.25) is 0 Å². The zero-order valence-electron chi connectivity index (χ0n) is 14.7. The van der Waals surface area contributed by atoms with Crippen LogP contribution < -0.4 is 5.32 Å². The van der Waals surface area contributed by atoms with E-state index in [1.807, 2.05) is 27.7 Å². The number of aromatic nitrogens is 1. The van der Waals surface area contributed by atoms with Crippen molar-refractivity contribution in [2.75, 3.05) is 13.6 Å². The number of carbonyl (C=O) groups is 2. The number of hydrogen-bond donors (Lipinski definition) is 1. The largest absolute Gasteiger partial charge is 0.342 e. The molecule has 0 radical (unpaired) electrons. The summed E-state index contributed by atoms with van der Waals surface area (Å²) >= 11 is 1.56. The summed E-state index contributed by atoms with van der Waals surface area (Å²) in [5.41, 5.74) is 0.401. The van der Waals surface area contributed by atoms with Gasteiger partial charge in [0.15, 0.2) is 0 Å². The Morgan fingerprint density at radius 2 is 1.96 bits per heavy atom. The Kier molecular flexibility index (Phi) is 5.39. The number of rotatable bonds is 5. The summed E-state index contributed by atoms with van der Waals surface area (Å²) in [6.07, 6.45) is 1.80. The Morgan fingerprint density at radius 1 is 1.29 bits per heavy atom. The molecule has 1 aromatic heterocycles. The highest BCUT2D eigenvalue weighted by Crippen LogP contribution is 2.25. The fraction of sp³-hybridized carbons (Fsp3) is 0.389. The van der Waals surface area contributed by atoms with Crippen molar-refractivity contribution in [3.05, 3.63) is 51.5 Å². The molecule has 0 fully saturated rings. The van der Waals surface area contributed by atoms with Crippen molar-refractivity contribution in [3.8, 4) is 0 Å². The van der Waals surface area contributed by atoms with Crippen molar-refractivity contribution in [2.24, 2.45) is 0 Å². The van der Waals surface area contributed by atoms with Crippen LogP contribution >= 0.6 is 11.3 Å². The number of benzene rings is 1. The molecule has 0 atom stereocenters. The minimum Gasteiger partial charge on any atom is -0.342 e. The van der Waals surface area contributed by atoms with E-state index < -0.39 is 5.54 Å².